The highest BCUT2D eigenvalue weighted by Gasteiger charge is 2.38. The molecule has 156 valence electrons. The van der Waals surface area contributed by atoms with E-state index in [2.05, 4.69) is 19.2 Å². The van der Waals surface area contributed by atoms with E-state index >= 15 is 0 Å². The highest BCUT2D eigenvalue weighted by Crippen LogP contribution is 2.27. The third-order valence-electron chi connectivity index (χ3n) is 4.43. The molecule has 1 aliphatic heterocycles. The SMILES string of the molecule is CCCC(C)CSC1CC(=O)N(CCC(=O)NCCOC(C)(C)CO)C1=O. The number of amides is 3. The lowest BCUT2D eigenvalue weighted by Gasteiger charge is -2.22. The van der Waals surface area contributed by atoms with E-state index in [9.17, 15) is 14.4 Å². The first-order chi connectivity index (χ1) is 12.7. The molecule has 0 spiro atoms. The number of carbonyl (C=O) groups is 3. The first-order valence-electron chi connectivity index (χ1n) is 9.67. The maximum absolute atomic E-state index is 12.4. The monoisotopic (exact) mass is 402 g/mol. The van der Waals surface area contributed by atoms with Gasteiger partial charge in [0.1, 0.15) is 0 Å². The van der Waals surface area contributed by atoms with E-state index in [4.69, 9.17) is 9.84 Å². The van der Waals surface area contributed by atoms with Gasteiger partial charge in [0, 0.05) is 25.9 Å². The van der Waals surface area contributed by atoms with E-state index in [1.165, 1.54) is 4.90 Å². The number of carbonyl (C=O) groups excluding carboxylic acids is 3. The summed E-state index contributed by atoms with van der Waals surface area (Å²) >= 11 is 1.55. The summed E-state index contributed by atoms with van der Waals surface area (Å²) in [6, 6.07) is 0. The number of nitrogens with zero attached hydrogens (tertiary/aromatic N) is 1. The zero-order chi connectivity index (χ0) is 20.4. The van der Waals surface area contributed by atoms with Crippen LogP contribution in [0.4, 0.5) is 0 Å². The second-order valence-electron chi connectivity index (χ2n) is 7.67. The molecule has 2 atom stereocenters. The van der Waals surface area contributed by atoms with Gasteiger partial charge in [-0.25, -0.2) is 0 Å². The lowest BCUT2D eigenvalue weighted by atomic mass is 10.1. The molecule has 0 bridgehead atoms. The topological polar surface area (TPSA) is 95.9 Å². The zero-order valence-electron chi connectivity index (χ0n) is 17.0. The minimum absolute atomic E-state index is 0.0878. The average molecular weight is 403 g/mol. The highest BCUT2D eigenvalue weighted by molar-refractivity contribution is 8.00. The summed E-state index contributed by atoms with van der Waals surface area (Å²) in [5, 5.41) is 11.5. The van der Waals surface area contributed by atoms with Crippen molar-refractivity contribution in [3.63, 3.8) is 0 Å². The summed E-state index contributed by atoms with van der Waals surface area (Å²) in [6.07, 6.45) is 2.55. The van der Waals surface area contributed by atoms with Gasteiger partial charge in [-0.3, -0.25) is 19.3 Å². The third-order valence-corrected chi connectivity index (χ3v) is 5.96. The van der Waals surface area contributed by atoms with Crippen LogP contribution in [0.2, 0.25) is 0 Å². The van der Waals surface area contributed by atoms with Crippen molar-refractivity contribution in [3.05, 3.63) is 0 Å². The maximum atomic E-state index is 12.4. The molecule has 2 N–H and O–H groups in total. The lowest BCUT2D eigenvalue weighted by Crippen LogP contribution is -2.37. The molecule has 0 radical (unpaired) electrons. The molecule has 1 fully saturated rings. The first kappa shape index (κ1) is 23.9. The van der Waals surface area contributed by atoms with Gasteiger partial charge in [-0.15, -0.1) is 11.8 Å². The Kier molecular flexibility index (Phi) is 10.3. The van der Waals surface area contributed by atoms with Gasteiger partial charge in [0.25, 0.3) is 0 Å². The number of aliphatic hydroxyl groups excluding tert-OH is 1. The van der Waals surface area contributed by atoms with Gasteiger partial charge < -0.3 is 15.2 Å². The van der Waals surface area contributed by atoms with Crippen molar-refractivity contribution in [1.29, 1.82) is 0 Å². The minimum atomic E-state index is -0.638. The van der Waals surface area contributed by atoms with Crippen LogP contribution in [0.3, 0.4) is 0 Å². The summed E-state index contributed by atoms with van der Waals surface area (Å²) in [5.41, 5.74) is -0.638. The molecule has 3 amide bonds. The smallest absolute Gasteiger partial charge is 0.242 e. The molecular formula is C19H34N2O5S. The Morgan fingerprint density at radius 3 is 2.78 bits per heavy atom. The number of nitrogens with one attached hydrogen (secondary N) is 1. The Morgan fingerprint density at radius 2 is 2.15 bits per heavy atom. The molecule has 8 heteroatoms. The van der Waals surface area contributed by atoms with Gasteiger partial charge in [-0.2, -0.15) is 0 Å². The molecule has 0 aromatic rings. The van der Waals surface area contributed by atoms with Crippen molar-refractivity contribution >= 4 is 29.5 Å². The van der Waals surface area contributed by atoms with E-state index in [-0.39, 0.29) is 55.6 Å². The molecule has 1 rings (SSSR count). The Hall–Kier alpha value is -1.12. The number of aliphatic hydroxyl groups is 1. The van der Waals surface area contributed by atoms with Crippen LogP contribution in [0.1, 0.15) is 53.4 Å². The van der Waals surface area contributed by atoms with Crippen LogP contribution in [-0.2, 0) is 19.1 Å². The minimum Gasteiger partial charge on any atom is -0.393 e. The molecule has 27 heavy (non-hydrogen) atoms. The molecule has 2 unspecified atom stereocenters. The van der Waals surface area contributed by atoms with Gasteiger partial charge in [-0.05, 0) is 25.5 Å². The summed E-state index contributed by atoms with van der Waals surface area (Å²) in [4.78, 5) is 37.6. The van der Waals surface area contributed by atoms with Crippen LogP contribution < -0.4 is 5.32 Å². The summed E-state index contributed by atoms with van der Waals surface area (Å²) < 4.78 is 5.43. The summed E-state index contributed by atoms with van der Waals surface area (Å²) in [7, 11) is 0. The van der Waals surface area contributed by atoms with Gasteiger partial charge in [0.05, 0.1) is 24.1 Å². The first-order valence-corrected chi connectivity index (χ1v) is 10.7. The summed E-state index contributed by atoms with van der Waals surface area (Å²) in [6.45, 7) is 8.44. The van der Waals surface area contributed by atoms with Crippen molar-refractivity contribution in [2.24, 2.45) is 5.92 Å². The van der Waals surface area contributed by atoms with E-state index in [1.807, 2.05) is 0 Å². The second-order valence-corrected chi connectivity index (χ2v) is 8.91. The van der Waals surface area contributed by atoms with Crippen LogP contribution in [0.25, 0.3) is 0 Å². The molecule has 0 aliphatic carbocycles. The van der Waals surface area contributed by atoms with Crippen molar-refractivity contribution in [3.8, 4) is 0 Å². The van der Waals surface area contributed by atoms with Gasteiger partial charge in [-0.1, -0.05) is 26.7 Å². The normalized spacial score (nSPS) is 18.9. The molecule has 7 nitrogen and oxygen atoms in total. The molecule has 0 aromatic carbocycles. The quantitative estimate of drug-likeness (QED) is 0.359. The fourth-order valence-electron chi connectivity index (χ4n) is 2.74. The number of ether oxygens (including phenoxy) is 1. The number of rotatable bonds is 13. The molecule has 0 saturated carbocycles. The molecule has 1 heterocycles. The Bertz CT molecular complexity index is 512. The molecule has 1 saturated heterocycles. The average Bonchev–Trinajstić information content (AvgIpc) is 2.89. The van der Waals surface area contributed by atoms with Crippen LogP contribution in [-0.4, -0.2) is 70.6 Å². The number of likely N-dealkylation sites (tertiary alicyclic amines) is 1. The predicted octanol–water partition coefficient (Wildman–Crippen LogP) is 1.58. The van der Waals surface area contributed by atoms with Crippen molar-refractivity contribution in [1.82, 2.24) is 10.2 Å². The Balaban J connectivity index is 2.30. The zero-order valence-corrected chi connectivity index (χ0v) is 17.8. The van der Waals surface area contributed by atoms with Crippen LogP contribution in [0, 0.1) is 5.92 Å². The van der Waals surface area contributed by atoms with Crippen LogP contribution in [0.5, 0.6) is 0 Å². The fourth-order valence-corrected chi connectivity index (χ4v) is 4.00. The van der Waals surface area contributed by atoms with Gasteiger partial charge in [0.15, 0.2) is 0 Å². The molecule has 0 aromatic heterocycles. The number of hydrogen-bond donors (Lipinski definition) is 2. The predicted molar refractivity (Wildman–Crippen MR) is 106 cm³/mol. The number of thioether (sulfide) groups is 1. The van der Waals surface area contributed by atoms with Gasteiger partial charge in [0.2, 0.25) is 17.7 Å². The number of imide groups is 1. The number of hydrogen-bond acceptors (Lipinski definition) is 6. The van der Waals surface area contributed by atoms with E-state index in [1.54, 1.807) is 25.6 Å². The van der Waals surface area contributed by atoms with Crippen molar-refractivity contribution in [2.75, 3.05) is 32.1 Å². The fraction of sp³-hybridized carbons (Fsp3) is 0.842. The lowest BCUT2D eigenvalue weighted by molar-refractivity contribution is -0.138. The van der Waals surface area contributed by atoms with Crippen molar-refractivity contribution < 1.29 is 24.2 Å². The molecular weight excluding hydrogens is 368 g/mol. The highest BCUT2D eigenvalue weighted by atomic mass is 32.2. The van der Waals surface area contributed by atoms with E-state index in [0.29, 0.717) is 12.5 Å². The van der Waals surface area contributed by atoms with Crippen LogP contribution in [0.15, 0.2) is 0 Å². The second kappa shape index (κ2) is 11.7. The van der Waals surface area contributed by atoms with Crippen LogP contribution >= 0.6 is 11.8 Å². The molecule has 1 aliphatic rings. The Morgan fingerprint density at radius 1 is 1.44 bits per heavy atom. The van der Waals surface area contributed by atoms with E-state index < -0.39 is 5.60 Å². The maximum Gasteiger partial charge on any atom is 0.242 e. The Labute approximate surface area is 166 Å². The largest absolute Gasteiger partial charge is 0.393 e. The third kappa shape index (κ3) is 8.62. The summed E-state index contributed by atoms with van der Waals surface area (Å²) in [5.74, 6) is 0.807. The van der Waals surface area contributed by atoms with Gasteiger partial charge >= 0.3 is 0 Å². The van der Waals surface area contributed by atoms with E-state index in [0.717, 1.165) is 18.6 Å². The standard InChI is InChI=1S/C19H34N2O5S/c1-5-6-14(2)12-27-15-11-17(24)21(18(15)25)9-7-16(23)20-8-10-26-19(3,4)13-22/h14-15,22H,5-13H2,1-4H3,(H,20,23). The van der Waals surface area contributed by atoms with Crippen molar-refractivity contribution in [2.45, 2.75) is 64.2 Å².